The minimum atomic E-state index is 0.0370. The van der Waals surface area contributed by atoms with Gasteiger partial charge in [0, 0.05) is 44.4 Å². The average molecular weight is 341 g/mol. The zero-order valence-corrected chi connectivity index (χ0v) is 14.9. The summed E-state index contributed by atoms with van der Waals surface area (Å²) < 4.78 is 2.06. The van der Waals surface area contributed by atoms with Crippen molar-refractivity contribution in [3.05, 3.63) is 48.8 Å². The first-order valence-electron chi connectivity index (χ1n) is 9.15. The van der Waals surface area contributed by atoms with E-state index in [1.54, 1.807) is 12.4 Å². The summed E-state index contributed by atoms with van der Waals surface area (Å²) in [6.07, 6.45) is 12.2. The Morgan fingerprint density at radius 2 is 2.28 bits per heavy atom. The van der Waals surface area contributed by atoms with Crippen molar-refractivity contribution in [1.29, 1.82) is 0 Å². The molecule has 6 heteroatoms. The fourth-order valence-corrected chi connectivity index (χ4v) is 3.54. The number of rotatable bonds is 8. The highest BCUT2D eigenvalue weighted by Crippen LogP contribution is 2.20. The van der Waals surface area contributed by atoms with E-state index in [1.807, 2.05) is 35.8 Å². The minimum absolute atomic E-state index is 0.0370. The SMILES string of the molecule is CCN1CCC[C@H]1C(=O)N(CCCn1ccnc1)Cc1cccnc1. The van der Waals surface area contributed by atoms with E-state index in [1.165, 1.54) is 0 Å². The van der Waals surface area contributed by atoms with E-state index in [-0.39, 0.29) is 11.9 Å². The Labute approximate surface area is 149 Å². The summed E-state index contributed by atoms with van der Waals surface area (Å²) in [7, 11) is 0. The Hall–Kier alpha value is -2.21. The van der Waals surface area contributed by atoms with Crippen LogP contribution in [-0.2, 0) is 17.9 Å². The molecule has 6 nitrogen and oxygen atoms in total. The number of aromatic nitrogens is 3. The van der Waals surface area contributed by atoms with E-state index in [0.717, 1.165) is 51.0 Å². The number of likely N-dealkylation sites (N-methyl/N-ethyl adjacent to an activating group) is 1. The third kappa shape index (κ3) is 4.66. The number of likely N-dealkylation sites (tertiary alicyclic amines) is 1. The van der Waals surface area contributed by atoms with E-state index in [2.05, 4.69) is 26.4 Å². The zero-order valence-electron chi connectivity index (χ0n) is 14.9. The van der Waals surface area contributed by atoms with Gasteiger partial charge in [0.15, 0.2) is 0 Å². The van der Waals surface area contributed by atoms with Gasteiger partial charge >= 0.3 is 0 Å². The number of carbonyl (C=O) groups is 1. The predicted molar refractivity (Wildman–Crippen MR) is 96.8 cm³/mol. The fourth-order valence-electron chi connectivity index (χ4n) is 3.54. The lowest BCUT2D eigenvalue weighted by Crippen LogP contribution is -2.45. The molecule has 0 unspecified atom stereocenters. The van der Waals surface area contributed by atoms with Crippen molar-refractivity contribution in [2.24, 2.45) is 0 Å². The van der Waals surface area contributed by atoms with Crippen molar-refractivity contribution in [3.8, 4) is 0 Å². The molecule has 1 fully saturated rings. The van der Waals surface area contributed by atoms with Gasteiger partial charge < -0.3 is 9.47 Å². The highest BCUT2D eigenvalue weighted by atomic mass is 16.2. The lowest BCUT2D eigenvalue weighted by molar-refractivity contribution is -0.136. The molecule has 1 aliphatic heterocycles. The number of nitrogens with zero attached hydrogens (tertiary/aromatic N) is 5. The maximum absolute atomic E-state index is 13.2. The number of hydrogen-bond acceptors (Lipinski definition) is 4. The van der Waals surface area contributed by atoms with Crippen molar-refractivity contribution in [1.82, 2.24) is 24.3 Å². The van der Waals surface area contributed by atoms with Crippen LogP contribution in [0.1, 0.15) is 31.7 Å². The number of aryl methyl sites for hydroxylation is 1. The summed E-state index contributed by atoms with van der Waals surface area (Å²) >= 11 is 0. The second-order valence-corrected chi connectivity index (χ2v) is 6.56. The van der Waals surface area contributed by atoms with Crippen LogP contribution in [0.5, 0.6) is 0 Å². The standard InChI is InChI=1S/C19H27N5O/c1-2-23-11-4-7-18(23)19(25)24(15-17-6-3-8-20-14-17)12-5-10-22-13-9-21-16-22/h3,6,8-9,13-14,16,18H,2,4-5,7,10-12,15H2,1H3/t18-/m0/s1. The highest BCUT2D eigenvalue weighted by Gasteiger charge is 2.32. The smallest absolute Gasteiger partial charge is 0.240 e. The number of pyridine rings is 1. The molecule has 0 spiro atoms. The predicted octanol–water partition coefficient (Wildman–Crippen LogP) is 2.18. The number of imidazole rings is 1. The van der Waals surface area contributed by atoms with Crippen molar-refractivity contribution in [2.75, 3.05) is 19.6 Å². The molecule has 3 heterocycles. The maximum atomic E-state index is 13.2. The second-order valence-electron chi connectivity index (χ2n) is 6.56. The van der Waals surface area contributed by atoms with Crippen LogP contribution in [0.25, 0.3) is 0 Å². The van der Waals surface area contributed by atoms with Gasteiger partial charge in [-0.05, 0) is 44.0 Å². The summed E-state index contributed by atoms with van der Waals surface area (Å²) in [6.45, 7) is 6.36. The molecule has 0 bridgehead atoms. The van der Waals surface area contributed by atoms with Crippen LogP contribution in [-0.4, -0.2) is 55.9 Å². The van der Waals surface area contributed by atoms with Crippen LogP contribution in [0.15, 0.2) is 43.2 Å². The van der Waals surface area contributed by atoms with Gasteiger partial charge in [-0.2, -0.15) is 0 Å². The molecule has 1 aliphatic rings. The summed E-state index contributed by atoms with van der Waals surface area (Å²) in [5.74, 6) is 0.258. The van der Waals surface area contributed by atoms with Crippen LogP contribution in [0.3, 0.4) is 0 Å². The molecule has 0 saturated carbocycles. The van der Waals surface area contributed by atoms with E-state index >= 15 is 0 Å². The Kier molecular flexibility index (Phi) is 6.17. The third-order valence-electron chi connectivity index (χ3n) is 4.87. The molecule has 1 atom stereocenters. The van der Waals surface area contributed by atoms with Gasteiger partial charge in [-0.15, -0.1) is 0 Å². The number of hydrogen-bond donors (Lipinski definition) is 0. The van der Waals surface area contributed by atoms with Gasteiger partial charge in [-0.1, -0.05) is 13.0 Å². The summed E-state index contributed by atoms with van der Waals surface area (Å²) in [5, 5.41) is 0. The van der Waals surface area contributed by atoms with E-state index < -0.39 is 0 Å². The fraction of sp³-hybridized carbons (Fsp3) is 0.526. The Balaban J connectivity index is 1.65. The molecule has 1 amide bonds. The quantitative estimate of drug-likeness (QED) is 0.738. The van der Waals surface area contributed by atoms with E-state index in [0.29, 0.717) is 6.54 Å². The third-order valence-corrected chi connectivity index (χ3v) is 4.87. The molecule has 3 rings (SSSR count). The monoisotopic (exact) mass is 341 g/mol. The topological polar surface area (TPSA) is 54.3 Å². The minimum Gasteiger partial charge on any atom is -0.337 e. The van der Waals surface area contributed by atoms with Crippen LogP contribution in [0, 0.1) is 0 Å². The Morgan fingerprint density at radius 1 is 1.36 bits per heavy atom. The van der Waals surface area contributed by atoms with E-state index in [4.69, 9.17) is 0 Å². The Bertz CT molecular complexity index is 643. The molecule has 2 aromatic rings. The van der Waals surface area contributed by atoms with Gasteiger partial charge in [-0.25, -0.2) is 4.98 Å². The molecule has 0 aromatic carbocycles. The summed E-state index contributed by atoms with van der Waals surface area (Å²) in [5.41, 5.74) is 1.08. The molecule has 0 N–H and O–H groups in total. The van der Waals surface area contributed by atoms with Gasteiger partial charge in [0.1, 0.15) is 0 Å². The average Bonchev–Trinajstić information content (AvgIpc) is 3.32. The first-order chi connectivity index (χ1) is 12.3. The maximum Gasteiger partial charge on any atom is 0.240 e. The van der Waals surface area contributed by atoms with Crippen LogP contribution >= 0.6 is 0 Å². The molecule has 1 saturated heterocycles. The van der Waals surface area contributed by atoms with Gasteiger partial charge in [0.05, 0.1) is 12.4 Å². The van der Waals surface area contributed by atoms with Gasteiger partial charge in [-0.3, -0.25) is 14.7 Å². The van der Waals surface area contributed by atoms with Gasteiger partial charge in [0.2, 0.25) is 5.91 Å². The second kappa shape index (κ2) is 8.76. The van der Waals surface area contributed by atoms with Crippen molar-refractivity contribution in [2.45, 2.75) is 45.3 Å². The highest BCUT2D eigenvalue weighted by molar-refractivity contribution is 5.82. The lowest BCUT2D eigenvalue weighted by Gasteiger charge is -2.30. The zero-order chi connectivity index (χ0) is 17.5. The molecule has 0 radical (unpaired) electrons. The first-order valence-corrected chi connectivity index (χ1v) is 9.15. The largest absolute Gasteiger partial charge is 0.337 e. The van der Waals surface area contributed by atoms with Crippen molar-refractivity contribution < 1.29 is 4.79 Å². The molecular weight excluding hydrogens is 314 g/mol. The molecule has 2 aromatic heterocycles. The molecule has 134 valence electrons. The summed E-state index contributed by atoms with van der Waals surface area (Å²) in [6, 6.07) is 4.00. The summed E-state index contributed by atoms with van der Waals surface area (Å²) in [4.78, 5) is 25.7. The Morgan fingerprint density at radius 3 is 3.00 bits per heavy atom. The molecular formula is C19H27N5O. The van der Waals surface area contributed by atoms with Crippen molar-refractivity contribution >= 4 is 5.91 Å². The first kappa shape index (κ1) is 17.6. The number of carbonyl (C=O) groups excluding carboxylic acids is 1. The van der Waals surface area contributed by atoms with Crippen LogP contribution < -0.4 is 0 Å². The molecule has 25 heavy (non-hydrogen) atoms. The normalized spacial score (nSPS) is 17.7. The van der Waals surface area contributed by atoms with E-state index in [9.17, 15) is 4.79 Å². The van der Waals surface area contributed by atoms with Crippen LogP contribution in [0.2, 0.25) is 0 Å². The molecule has 0 aliphatic carbocycles. The number of amides is 1. The van der Waals surface area contributed by atoms with Gasteiger partial charge in [0.25, 0.3) is 0 Å². The lowest BCUT2D eigenvalue weighted by atomic mass is 10.1. The van der Waals surface area contributed by atoms with Crippen molar-refractivity contribution in [3.63, 3.8) is 0 Å². The van der Waals surface area contributed by atoms with Crippen LogP contribution in [0.4, 0.5) is 0 Å².